The third-order valence-corrected chi connectivity index (χ3v) is 3.67. The van der Waals surface area contributed by atoms with Crippen molar-refractivity contribution in [3.8, 4) is 5.75 Å². The van der Waals surface area contributed by atoms with Crippen molar-refractivity contribution in [2.45, 2.75) is 40.3 Å². The van der Waals surface area contributed by atoms with E-state index in [1.807, 2.05) is 70.2 Å². The Hall–Kier alpha value is -2.82. The normalized spacial score (nSPS) is 10.4. The molecule has 2 rings (SSSR count). The van der Waals surface area contributed by atoms with Crippen LogP contribution in [0, 0.1) is 13.8 Å². The fraction of sp³-hybridized carbons (Fsp3) is 0.300. The van der Waals surface area contributed by atoms with Crippen molar-refractivity contribution in [3.63, 3.8) is 0 Å². The van der Waals surface area contributed by atoms with E-state index in [0.29, 0.717) is 5.69 Å². The van der Waals surface area contributed by atoms with Crippen molar-refractivity contribution in [2.75, 3.05) is 5.32 Å². The number of anilines is 1. The molecule has 2 amide bonds. The van der Waals surface area contributed by atoms with E-state index in [0.717, 1.165) is 22.4 Å². The highest BCUT2D eigenvalue weighted by Crippen LogP contribution is 2.19. The maximum Gasteiger partial charge on any atom is 0.313 e. The van der Waals surface area contributed by atoms with Crippen molar-refractivity contribution in [3.05, 3.63) is 59.2 Å². The van der Waals surface area contributed by atoms with E-state index < -0.39 is 11.8 Å². The number of hydrogen-bond donors (Lipinski definition) is 2. The van der Waals surface area contributed by atoms with Crippen LogP contribution in [0.25, 0.3) is 0 Å². The molecule has 0 bridgehead atoms. The Labute approximate surface area is 148 Å². The first-order valence-electron chi connectivity index (χ1n) is 8.28. The number of para-hydroxylation sites is 1. The number of benzene rings is 2. The van der Waals surface area contributed by atoms with Gasteiger partial charge in [-0.15, -0.1) is 0 Å². The molecule has 0 radical (unpaired) electrons. The van der Waals surface area contributed by atoms with Gasteiger partial charge in [0.1, 0.15) is 5.75 Å². The summed E-state index contributed by atoms with van der Waals surface area (Å²) < 4.78 is 5.57. The topological polar surface area (TPSA) is 67.4 Å². The van der Waals surface area contributed by atoms with E-state index in [-0.39, 0.29) is 12.6 Å². The van der Waals surface area contributed by atoms with Gasteiger partial charge in [0.2, 0.25) is 0 Å². The number of carbonyl (C=O) groups is 2. The average Bonchev–Trinajstić information content (AvgIpc) is 2.56. The van der Waals surface area contributed by atoms with Crippen LogP contribution in [0.5, 0.6) is 5.75 Å². The number of rotatable bonds is 5. The molecular weight excluding hydrogens is 316 g/mol. The molecule has 0 unspecified atom stereocenters. The lowest BCUT2D eigenvalue weighted by atomic mass is 10.1. The van der Waals surface area contributed by atoms with Crippen molar-refractivity contribution >= 4 is 17.5 Å². The van der Waals surface area contributed by atoms with Gasteiger partial charge in [-0.2, -0.15) is 0 Å². The number of ether oxygens (including phenoxy) is 1. The van der Waals surface area contributed by atoms with E-state index >= 15 is 0 Å². The van der Waals surface area contributed by atoms with E-state index in [1.54, 1.807) is 0 Å². The Morgan fingerprint density at radius 2 is 1.56 bits per heavy atom. The molecule has 5 nitrogen and oxygen atoms in total. The van der Waals surface area contributed by atoms with Crippen LogP contribution in [-0.4, -0.2) is 17.9 Å². The molecule has 0 spiro atoms. The van der Waals surface area contributed by atoms with Crippen molar-refractivity contribution in [2.24, 2.45) is 0 Å². The monoisotopic (exact) mass is 340 g/mol. The van der Waals surface area contributed by atoms with Crippen molar-refractivity contribution < 1.29 is 14.3 Å². The van der Waals surface area contributed by atoms with Crippen LogP contribution < -0.4 is 15.4 Å². The summed E-state index contributed by atoms with van der Waals surface area (Å²) in [6, 6.07) is 13.1. The molecule has 2 aromatic carbocycles. The van der Waals surface area contributed by atoms with Gasteiger partial charge < -0.3 is 15.4 Å². The molecular formula is C20H24N2O3. The summed E-state index contributed by atoms with van der Waals surface area (Å²) in [6.45, 7) is 7.98. The Kier molecular flexibility index (Phi) is 6.17. The second-order valence-electron chi connectivity index (χ2n) is 6.21. The summed E-state index contributed by atoms with van der Waals surface area (Å²) in [5.74, 6) is -0.555. The first-order chi connectivity index (χ1) is 11.9. The smallest absolute Gasteiger partial charge is 0.313 e. The van der Waals surface area contributed by atoms with Crippen LogP contribution in [0.2, 0.25) is 0 Å². The number of nitrogens with one attached hydrogen (secondary N) is 2. The summed E-state index contributed by atoms with van der Waals surface area (Å²) in [4.78, 5) is 24.1. The minimum Gasteiger partial charge on any atom is -0.491 e. The van der Waals surface area contributed by atoms with Crippen molar-refractivity contribution in [1.82, 2.24) is 5.32 Å². The van der Waals surface area contributed by atoms with E-state index in [2.05, 4.69) is 10.6 Å². The van der Waals surface area contributed by atoms with Crippen LogP contribution in [0.15, 0.2) is 42.5 Å². The van der Waals surface area contributed by atoms with E-state index in [4.69, 9.17) is 4.74 Å². The SMILES string of the molecule is Cc1cccc(C)c1NC(=O)C(=O)NCc1ccc(OC(C)C)cc1. The number of carbonyl (C=O) groups excluding carboxylic acids is 2. The lowest BCUT2D eigenvalue weighted by Gasteiger charge is -2.12. The van der Waals surface area contributed by atoms with Gasteiger partial charge in [0.25, 0.3) is 0 Å². The van der Waals surface area contributed by atoms with Gasteiger partial charge in [0, 0.05) is 12.2 Å². The number of aryl methyl sites for hydroxylation is 2. The first kappa shape index (κ1) is 18.5. The summed E-state index contributed by atoms with van der Waals surface area (Å²) in [6.07, 6.45) is 0.110. The van der Waals surface area contributed by atoms with Crippen LogP contribution in [0.3, 0.4) is 0 Å². The van der Waals surface area contributed by atoms with Gasteiger partial charge in [0.05, 0.1) is 6.10 Å². The third kappa shape index (κ3) is 5.35. The van der Waals surface area contributed by atoms with Crippen molar-refractivity contribution in [1.29, 1.82) is 0 Å². The first-order valence-corrected chi connectivity index (χ1v) is 8.28. The minimum atomic E-state index is -0.669. The Morgan fingerprint density at radius 1 is 0.960 bits per heavy atom. The fourth-order valence-electron chi connectivity index (χ4n) is 2.40. The highest BCUT2D eigenvalue weighted by Gasteiger charge is 2.15. The largest absolute Gasteiger partial charge is 0.491 e. The van der Waals surface area contributed by atoms with Crippen LogP contribution >= 0.6 is 0 Å². The summed E-state index contributed by atoms with van der Waals surface area (Å²) >= 11 is 0. The average molecular weight is 340 g/mol. The number of hydrogen-bond acceptors (Lipinski definition) is 3. The van der Waals surface area contributed by atoms with E-state index in [1.165, 1.54) is 0 Å². The summed E-state index contributed by atoms with van der Waals surface area (Å²) in [7, 11) is 0. The van der Waals surface area contributed by atoms with Gasteiger partial charge in [-0.25, -0.2) is 0 Å². The van der Waals surface area contributed by atoms with Crippen LogP contribution in [0.4, 0.5) is 5.69 Å². The molecule has 5 heteroatoms. The molecule has 0 aliphatic carbocycles. The molecule has 0 saturated carbocycles. The molecule has 132 valence electrons. The predicted molar refractivity (Wildman–Crippen MR) is 98.6 cm³/mol. The molecule has 25 heavy (non-hydrogen) atoms. The minimum absolute atomic E-state index is 0.110. The predicted octanol–water partition coefficient (Wildman–Crippen LogP) is 3.35. The van der Waals surface area contributed by atoms with Crippen LogP contribution in [-0.2, 0) is 16.1 Å². The zero-order valence-electron chi connectivity index (χ0n) is 15.1. The Balaban J connectivity index is 1.90. The molecule has 0 atom stereocenters. The van der Waals surface area contributed by atoms with Gasteiger partial charge in [-0.1, -0.05) is 30.3 Å². The lowest BCUT2D eigenvalue weighted by molar-refractivity contribution is -0.136. The zero-order valence-corrected chi connectivity index (χ0v) is 15.1. The van der Waals surface area contributed by atoms with Gasteiger partial charge in [-0.3, -0.25) is 9.59 Å². The molecule has 0 aromatic heterocycles. The maximum absolute atomic E-state index is 12.1. The number of amides is 2. The van der Waals surface area contributed by atoms with Gasteiger partial charge in [0.15, 0.2) is 0 Å². The maximum atomic E-state index is 12.1. The van der Waals surface area contributed by atoms with E-state index in [9.17, 15) is 9.59 Å². The standard InChI is InChI=1S/C20H24N2O3/c1-13(2)25-17-10-8-16(9-11-17)12-21-19(23)20(24)22-18-14(3)6-5-7-15(18)4/h5-11,13H,12H2,1-4H3,(H,21,23)(H,22,24). The molecule has 0 fully saturated rings. The fourth-order valence-corrected chi connectivity index (χ4v) is 2.40. The highest BCUT2D eigenvalue weighted by molar-refractivity contribution is 6.39. The summed E-state index contributed by atoms with van der Waals surface area (Å²) in [5.41, 5.74) is 3.41. The molecule has 0 aliphatic rings. The van der Waals surface area contributed by atoms with Crippen LogP contribution in [0.1, 0.15) is 30.5 Å². The zero-order chi connectivity index (χ0) is 18.4. The molecule has 2 N–H and O–H groups in total. The second-order valence-corrected chi connectivity index (χ2v) is 6.21. The van der Waals surface area contributed by atoms with Gasteiger partial charge >= 0.3 is 11.8 Å². The Morgan fingerprint density at radius 3 is 2.12 bits per heavy atom. The Bertz CT molecular complexity index is 732. The lowest BCUT2D eigenvalue weighted by Crippen LogP contribution is -2.35. The molecule has 0 aliphatic heterocycles. The highest BCUT2D eigenvalue weighted by atomic mass is 16.5. The molecule has 0 saturated heterocycles. The summed E-state index contributed by atoms with van der Waals surface area (Å²) in [5, 5.41) is 5.30. The molecule has 2 aromatic rings. The van der Waals surface area contributed by atoms with Gasteiger partial charge in [-0.05, 0) is 56.5 Å². The quantitative estimate of drug-likeness (QED) is 0.820. The molecule has 0 heterocycles. The second kappa shape index (κ2) is 8.33. The third-order valence-electron chi connectivity index (χ3n) is 3.67.